The van der Waals surface area contributed by atoms with E-state index in [0.29, 0.717) is 5.69 Å². The van der Waals surface area contributed by atoms with Gasteiger partial charge in [-0.05, 0) is 31.0 Å². The van der Waals surface area contributed by atoms with Crippen LogP contribution < -0.4 is 22.1 Å². The lowest BCUT2D eigenvalue weighted by Gasteiger charge is -2.30. The average molecular weight is 410 g/mol. The molecule has 1 aliphatic rings. The summed E-state index contributed by atoms with van der Waals surface area (Å²) >= 11 is 0. The van der Waals surface area contributed by atoms with Crippen LogP contribution in [-0.2, 0) is 0 Å². The Balaban J connectivity index is 1.64. The molecule has 0 spiro atoms. The molecule has 4 rings (SSSR count). The number of pyridine rings is 2. The molecule has 1 amide bonds. The number of anilines is 3. The molecule has 3 heterocycles. The number of halogens is 1. The van der Waals surface area contributed by atoms with Crippen LogP contribution in [-0.4, -0.2) is 28.0 Å². The monoisotopic (exact) mass is 410 g/mol. The summed E-state index contributed by atoms with van der Waals surface area (Å²) in [6, 6.07) is 4.54. The highest BCUT2D eigenvalue weighted by molar-refractivity contribution is 5.98. The molecular weight excluding hydrogens is 387 g/mol. The van der Waals surface area contributed by atoms with Gasteiger partial charge in [-0.25, -0.2) is 9.37 Å². The summed E-state index contributed by atoms with van der Waals surface area (Å²) in [5.74, 6) is -1.27. The molecule has 1 unspecified atom stereocenters. The third-order valence-electron chi connectivity index (χ3n) is 5.24. The van der Waals surface area contributed by atoms with Crippen LogP contribution in [0.15, 0.2) is 47.5 Å². The minimum absolute atomic E-state index is 0.0313. The summed E-state index contributed by atoms with van der Waals surface area (Å²) in [5.41, 5.74) is 13.8. The average Bonchev–Trinajstić information content (AvgIpc) is 3.27. The zero-order chi connectivity index (χ0) is 21.1. The van der Waals surface area contributed by atoms with E-state index in [1.807, 2.05) is 6.07 Å². The molecular formula is C21H23FN6O2. The molecule has 1 saturated carbocycles. The van der Waals surface area contributed by atoms with E-state index >= 15 is 0 Å². The molecule has 0 bridgehead atoms. The molecule has 0 saturated heterocycles. The lowest BCUT2D eigenvalue weighted by atomic mass is 9.91. The van der Waals surface area contributed by atoms with Gasteiger partial charge in [-0.2, -0.15) is 0 Å². The minimum atomic E-state index is -0.788. The molecule has 1 aliphatic carbocycles. The van der Waals surface area contributed by atoms with Crippen molar-refractivity contribution in [2.45, 2.75) is 37.8 Å². The number of hydrogen-bond donors (Lipinski definition) is 4. The van der Waals surface area contributed by atoms with Gasteiger partial charge in [0.1, 0.15) is 5.82 Å². The number of hydrogen-bond acceptors (Lipinski definition) is 7. The number of amides is 1. The Morgan fingerprint density at radius 1 is 1.17 bits per heavy atom. The van der Waals surface area contributed by atoms with Crippen LogP contribution >= 0.6 is 0 Å². The molecule has 156 valence electrons. The third kappa shape index (κ3) is 4.25. The van der Waals surface area contributed by atoms with Crippen LogP contribution in [0.4, 0.5) is 21.7 Å². The van der Waals surface area contributed by atoms with E-state index in [2.05, 4.69) is 20.6 Å². The molecule has 0 aromatic carbocycles. The van der Waals surface area contributed by atoms with E-state index in [1.54, 1.807) is 31.0 Å². The van der Waals surface area contributed by atoms with Crippen molar-refractivity contribution in [2.75, 3.05) is 10.6 Å². The second kappa shape index (κ2) is 8.50. The van der Waals surface area contributed by atoms with Gasteiger partial charge in [0.2, 0.25) is 0 Å². The lowest BCUT2D eigenvalue weighted by Crippen LogP contribution is -2.43. The molecule has 0 aliphatic heterocycles. The molecule has 8 nitrogen and oxygen atoms in total. The Bertz CT molecular complexity index is 1040. The van der Waals surface area contributed by atoms with E-state index in [-0.39, 0.29) is 29.3 Å². The predicted molar refractivity (Wildman–Crippen MR) is 112 cm³/mol. The van der Waals surface area contributed by atoms with Gasteiger partial charge in [0.05, 0.1) is 30.0 Å². The van der Waals surface area contributed by atoms with Crippen molar-refractivity contribution >= 4 is 23.2 Å². The Morgan fingerprint density at radius 3 is 2.73 bits per heavy atom. The molecule has 2 atom stereocenters. The molecule has 6 N–H and O–H groups in total. The van der Waals surface area contributed by atoms with Crippen molar-refractivity contribution in [1.82, 2.24) is 9.97 Å². The summed E-state index contributed by atoms with van der Waals surface area (Å²) < 4.78 is 19.7. The molecule has 9 heteroatoms. The SMILES string of the molecule is NC(=O)c1cc(F)c(NC2CCCC[C@@H]2N)nc1Nc1cncc(-c2ccoc2)c1. The van der Waals surface area contributed by atoms with E-state index < -0.39 is 11.7 Å². The number of carbonyl (C=O) groups is 1. The van der Waals surface area contributed by atoms with Gasteiger partial charge in [0.25, 0.3) is 5.91 Å². The topological polar surface area (TPSA) is 132 Å². The van der Waals surface area contributed by atoms with Crippen LogP contribution in [0.2, 0.25) is 0 Å². The van der Waals surface area contributed by atoms with E-state index in [4.69, 9.17) is 15.9 Å². The smallest absolute Gasteiger partial charge is 0.252 e. The van der Waals surface area contributed by atoms with Crippen LogP contribution in [0, 0.1) is 5.82 Å². The second-order valence-electron chi connectivity index (χ2n) is 7.38. The van der Waals surface area contributed by atoms with Gasteiger partial charge < -0.3 is 26.5 Å². The van der Waals surface area contributed by atoms with Crippen molar-refractivity contribution in [3.05, 3.63) is 54.5 Å². The predicted octanol–water partition coefficient (Wildman–Crippen LogP) is 3.40. The standard InChI is InChI=1S/C21H23FN6O2/c22-16-8-15(19(24)29)20(28-21(16)27-18-4-2-1-3-17(18)23)26-14-7-13(9-25-10-14)12-5-6-30-11-12/h5-11,17-18H,1-4,23H2,(H2,24,29)(H2,26,27,28)/t17-,18?/m0/s1. The van der Waals surface area contributed by atoms with Crippen LogP contribution in [0.3, 0.4) is 0 Å². The zero-order valence-corrected chi connectivity index (χ0v) is 16.3. The van der Waals surface area contributed by atoms with Crippen LogP contribution in [0.5, 0.6) is 0 Å². The quantitative estimate of drug-likeness (QED) is 0.489. The zero-order valence-electron chi connectivity index (χ0n) is 16.3. The number of rotatable bonds is 6. The molecule has 0 radical (unpaired) electrons. The first-order chi connectivity index (χ1) is 14.5. The highest BCUT2D eigenvalue weighted by Gasteiger charge is 2.24. The van der Waals surface area contributed by atoms with E-state index in [9.17, 15) is 9.18 Å². The fourth-order valence-electron chi connectivity index (χ4n) is 3.62. The number of carbonyl (C=O) groups excluding carboxylic acids is 1. The summed E-state index contributed by atoms with van der Waals surface area (Å²) in [7, 11) is 0. The normalized spacial score (nSPS) is 18.7. The fourth-order valence-corrected chi connectivity index (χ4v) is 3.62. The maximum atomic E-state index is 14.6. The van der Waals surface area contributed by atoms with E-state index in [1.165, 1.54) is 0 Å². The molecule has 3 aromatic heterocycles. The number of nitrogens with one attached hydrogen (secondary N) is 2. The van der Waals surface area contributed by atoms with Crippen molar-refractivity contribution in [3.8, 4) is 11.1 Å². The molecule has 3 aromatic rings. The highest BCUT2D eigenvalue weighted by atomic mass is 19.1. The van der Waals surface area contributed by atoms with Gasteiger partial charge in [0, 0.05) is 29.4 Å². The minimum Gasteiger partial charge on any atom is -0.472 e. The van der Waals surface area contributed by atoms with Gasteiger partial charge in [-0.1, -0.05) is 12.8 Å². The Hall–Kier alpha value is -3.46. The maximum absolute atomic E-state index is 14.6. The Labute approximate surface area is 172 Å². The Morgan fingerprint density at radius 2 is 2.00 bits per heavy atom. The fraction of sp³-hybridized carbons (Fsp3) is 0.286. The van der Waals surface area contributed by atoms with Crippen molar-refractivity contribution < 1.29 is 13.6 Å². The van der Waals surface area contributed by atoms with Crippen molar-refractivity contribution in [3.63, 3.8) is 0 Å². The van der Waals surface area contributed by atoms with Crippen molar-refractivity contribution in [1.29, 1.82) is 0 Å². The van der Waals surface area contributed by atoms with Crippen LogP contribution in [0.1, 0.15) is 36.0 Å². The number of nitrogens with two attached hydrogens (primary N) is 2. The molecule has 1 fully saturated rings. The number of primary amides is 1. The Kier molecular flexibility index (Phi) is 5.62. The number of furan rings is 1. The van der Waals surface area contributed by atoms with Gasteiger partial charge in [-0.15, -0.1) is 0 Å². The number of aromatic nitrogens is 2. The first-order valence-corrected chi connectivity index (χ1v) is 9.78. The first-order valence-electron chi connectivity index (χ1n) is 9.78. The van der Waals surface area contributed by atoms with E-state index in [0.717, 1.165) is 42.9 Å². The summed E-state index contributed by atoms with van der Waals surface area (Å²) in [5, 5.41) is 6.12. The summed E-state index contributed by atoms with van der Waals surface area (Å²) in [6.07, 6.45) is 10.2. The maximum Gasteiger partial charge on any atom is 0.252 e. The largest absolute Gasteiger partial charge is 0.472 e. The van der Waals surface area contributed by atoms with Crippen LogP contribution in [0.25, 0.3) is 11.1 Å². The third-order valence-corrected chi connectivity index (χ3v) is 5.24. The first kappa shape index (κ1) is 19.8. The van der Waals surface area contributed by atoms with Crippen molar-refractivity contribution in [2.24, 2.45) is 11.5 Å². The number of nitrogens with zero attached hydrogens (tertiary/aromatic N) is 2. The van der Waals surface area contributed by atoms with Gasteiger partial charge in [0.15, 0.2) is 11.6 Å². The van der Waals surface area contributed by atoms with Gasteiger partial charge >= 0.3 is 0 Å². The van der Waals surface area contributed by atoms with Gasteiger partial charge in [-0.3, -0.25) is 9.78 Å². The highest BCUT2D eigenvalue weighted by Crippen LogP contribution is 2.28. The molecule has 30 heavy (non-hydrogen) atoms. The second-order valence-corrected chi connectivity index (χ2v) is 7.38. The lowest BCUT2D eigenvalue weighted by molar-refractivity contribution is 0.100. The summed E-state index contributed by atoms with van der Waals surface area (Å²) in [6.45, 7) is 0. The summed E-state index contributed by atoms with van der Waals surface area (Å²) in [4.78, 5) is 20.4.